The molecule has 0 bridgehead atoms. The standard InChI is InChI=1S/C18H29N3O3/c1-5-24-16-9-8-14(11-17(16)23-4)12-19-18(22)21-10-6-7-15(13-21)20(2)3/h8-9,11,15H,5-7,10,12-13H2,1-4H3,(H,19,22)/t15-/m0/s1. The summed E-state index contributed by atoms with van der Waals surface area (Å²) < 4.78 is 10.9. The molecule has 2 amide bonds. The lowest BCUT2D eigenvalue weighted by Gasteiger charge is -2.36. The zero-order valence-electron chi connectivity index (χ0n) is 15.2. The Morgan fingerprint density at radius 2 is 2.17 bits per heavy atom. The molecule has 0 unspecified atom stereocenters. The monoisotopic (exact) mass is 335 g/mol. The van der Waals surface area contributed by atoms with Gasteiger partial charge in [0, 0.05) is 25.7 Å². The van der Waals surface area contributed by atoms with E-state index in [4.69, 9.17) is 9.47 Å². The fraction of sp³-hybridized carbons (Fsp3) is 0.611. The van der Waals surface area contributed by atoms with Crippen molar-refractivity contribution >= 4 is 6.03 Å². The zero-order valence-corrected chi connectivity index (χ0v) is 15.2. The molecule has 1 aromatic rings. The van der Waals surface area contributed by atoms with E-state index >= 15 is 0 Å². The molecule has 6 nitrogen and oxygen atoms in total. The number of amides is 2. The number of likely N-dealkylation sites (tertiary alicyclic amines) is 1. The first-order valence-corrected chi connectivity index (χ1v) is 8.54. The molecular weight excluding hydrogens is 306 g/mol. The van der Waals surface area contributed by atoms with Gasteiger partial charge in [-0.25, -0.2) is 4.79 Å². The number of nitrogens with one attached hydrogen (secondary N) is 1. The molecule has 134 valence electrons. The maximum absolute atomic E-state index is 12.4. The normalized spacial score (nSPS) is 17.7. The van der Waals surface area contributed by atoms with Crippen molar-refractivity contribution in [1.29, 1.82) is 0 Å². The van der Waals surface area contributed by atoms with Crippen molar-refractivity contribution in [3.05, 3.63) is 23.8 Å². The van der Waals surface area contributed by atoms with E-state index in [1.54, 1.807) is 7.11 Å². The number of benzene rings is 1. The SMILES string of the molecule is CCOc1ccc(CNC(=O)N2CCC[C@H](N(C)C)C2)cc1OC. The molecule has 0 spiro atoms. The molecule has 1 aliphatic rings. The average Bonchev–Trinajstić information content (AvgIpc) is 2.60. The van der Waals surface area contributed by atoms with Crippen LogP contribution in [0.4, 0.5) is 4.79 Å². The average molecular weight is 335 g/mol. The number of hydrogen-bond acceptors (Lipinski definition) is 4. The fourth-order valence-electron chi connectivity index (χ4n) is 2.95. The van der Waals surface area contributed by atoms with Crippen LogP contribution in [0.15, 0.2) is 18.2 Å². The Hall–Kier alpha value is -1.95. The van der Waals surface area contributed by atoms with E-state index in [2.05, 4.69) is 24.3 Å². The molecule has 1 saturated heterocycles. The van der Waals surface area contributed by atoms with Gasteiger partial charge in [-0.2, -0.15) is 0 Å². The van der Waals surface area contributed by atoms with Gasteiger partial charge in [-0.1, -0.05) is 6.07 Å². The zero-order chi connectivity index (χ0) is 17.5. The second kappa shape index (κ2) is 8.78. The maximum Gasteiger partial charge on any atom is 0.317 e. The summed E-state index contributed by atoms with van der Waals surface area (Å²) in [5.41, 5.74) is 0.991. The molecule has 1 heterocycles. The van der Waals surface area contributed by atoms with Crippen molar-refractivity contribution in [1.82, 2.24) is 15.1 Å². The van der Waals surface area contributed by atoms with E-state index in [9.17, 15) is 4.79 Å². The van der Waals surface area contributed by atoms with Crippen LogP contribution < -0.4 is 14.8 Å². The molecule has 1 N–H and O–H groups in total. The van der Waals surface area contributed by atoms with Crippen molar-refractivity contribution in [3.8, 4) is 11.5 Å². The summed E-state index contributed by atoms with van der Waals surface area (Å²) in [6, 6.07) is 6.17. The Bertz CT molecular complexity index is 548. The third-order valence-corrected chi connectivity index (χ3v) is 4.39. The third kappa shape index (κ3) is 4.77. The molecular formula is C18H29N3O3. The van der Waals surface area contributed by atoms with Crippen LogP contribution in [-0.4, -0.2) is 62.8 Å². The van der Waals surface area contributed by atoms with Gasteiger partial charge >= 0.3 is 6.03 Å². The molecule has 1 aliphatic heterocycles. The van der Waals surface area contributed by atoms with Crippen LogP contribution in [-0.2, 0) is 6.54 Å². The second-order valence-electron chi connectivity index (χ2n) is 6.28. The Morgan fingerprint density at radius 3 is 2.83 bits per heavy atom. The number of carbonyl (C=O) groups is 1. The lowest BCUT2D eigenvalue weighted by Crippen LogP contribution is -2.50. The van der Waals surface area contributed by atoms with Gasteiger partial charge in [-0.3, -0.25) is 0 Å². The molecule has 1 aromatic carbocycles. The van der Waals surface area contributed by atoms with E-state index < -0.39 is 0 Å². The molecule has 0 aliphatic carbocycles. The number of urea groups is 1. The van der Waals surface area contributed by atoms with Crippen LogP contribution in [0.1, 0.15) is 25.3 Å². The van der Waals surface area contributed by atoms with Crippen LogP contribution in [0.2, 0.25) is 0 Å². The van der Waals surface area contributed by atoms with Gasteiger partial charge in [0.25, 0.3) is 0 Å². The number of hydrogen-bond donors (Lipinski definition) is 1. The van der Waals surface area contributed by atoms with Gasteiger partial charge in [0.2, 0.25) is 0 Å². The maximum atomic E-state index is 12.4. The highest BCUT2D eigenvalue weighted by Gasteiger charge is 2.24. The number of nitrogens with zero attached hydrogens (tertiary/aromatic N) is 2. The quantitative estimate of drug-likeness (QED) is 0.867. The summed E-state index contributed by atoms with van der Waals surface area (Å²) in [4.78, 5) is 16.5. The number of carbonyl (C=O) groups excluding carboxylic acids is 1. The van der Waals surface area contributed by atoms with Crippen LogP contribution in [0.3, 0.4) is 0 Å². The van der Waals surface area contributed by atoms with Gasteiger partial charge in [0.15, 0.2) is 11.5 Å². The second-order valence-corrected chi connectivity index (χ2v) is 6.28. The van der Waals surface area contributed by atoms with E-state index in [-0.39, 0.29) is 6.03 Å². The highest BCUT2D eigenvalue weighted by Crippen LogP contribution is 2.28. The van der Waals surface area contributed by atoms with Gasteiger partial charge in [-0.15, -0.1) is 0 Å². The number of methoxy groups -OCH3 is 1. The molecule has 24 heavy (non-hydrogen) atoms. The minimum atomic E-state index is -0.00518. The largest absolute Gasteiger partial charge is 0.493 e. The van der Waals surface area contributed by atoms with Crippen LogP contribution in [0, 0.1) is 0 Å². The smallest absolute Gasteiger partial charge is 0.317 e. The number of piperidine rings is 1. The van der Waals surface area contributed by atoms with Crippen LogP contribution in [0.5, 0.6) is 11.5 Å². The first-order chi connectivity index (χ1) is 11.5. The summed E-state index contributed by atoms with van der Waals surface area (Å²) in [5.74, 6) is 1.41. The number of rotatable bonds is 6. The number of ether oxygens (including phenoxy) is 2. The van der Waals surface area contributed by atoms with Gasteiger partial charge < -0.3 is 24.6 Å². The predicted octanol–water partition coefficient (Wildman–Crippen LogP) is 2.33. The molecule has 0 radical (unpaired) electrons. The van der Waals surface area contributed by atoms with E-state index in [0.717, 1.165) is 37.2 Å². The van der Waals surface area contributed by atoms with Gasteiger partial charge in [0.1, 0.15) is 0 Å². The molecule has 1 fully saturated rings. The van der Waals surface area contributed by atoms with Crippen molar-refractivity contribution < 1.29 is 14.3 Å². The predicted molar refractivity (Wildman–Crippen MR) is 94.7 cm³/mol. The van der Waals surface area contributed by atoms with Crippen molar-refractivity contribution in [2.45, 2.75) is 32.4 Å². The molecule has 0 saturated carbocycles. The first-order valence-electron chi connectivity index (χ1n) is 8.54. The van der Waals surface area contributed by atoms with Crippen LogP contribution >= 0.6 is 0 Å². The Balaban J connectivity index is 1.91. The topological polar surface area (TPSA) is 54.0 Å². The highest BCUT2D eigenvalue weighted by atomic mass is 16.5. The van der Waals surface area contributed by atoms with Gasteiger partial charge in [-0.05, 0) is 51.6 Å². The summed E-state index contributed by atoms with van der Waals surface area (Å²) in [6.45, 7) is 4.61. The van der Waals surface area contributed by atoms with Crippen molar-refractivity contribution in [2.75, 3.05) is 40.9 Å². The fourth-order valence-corrected chi connectivity index (χ4v) is 2.95. The Morgan fingerprint density at radius 1 is 1.38 bits per heavy atom. The lowest BCUT2D eigenvalue weighted by molar-refractivity contribution is 0.140. The molecule has 0 aromatic heterocycles. The van der Waals surface area contributed by atoms with Crippen molar-refractivity contribution in [3.63, 3.8) is 0 Å². The van der Waals surface area contributed by atoms with Crippen LogP contribution in [0.25, 0.3) is 0 Å². The first kappa shape index (κ1) is 18.4. The van der Waals surface area contributed by atoms with Gasteiger partial charge in [0.05, 0.1) is 13.7 Å². The van der Waals surface area contributed by atoms with E-state index in [0.29, 0.717) is 24.9 Å². The molecule has 1 atom stereocenters. The molecule has 6 heteroatoms. The summed E-state index contributed by atoms with van der Waals surface area (Å²) in [5, 5.41) is 3.00. The minimum Gasteiger partial charge on any atom is -0.493 e. The Kier molecular flexibility index (Phi) is 6.73. The van der Waals surface area contributed by atoms with E-state index in [1.165, 1.54) is 0 Å². The number of likely N-dealkylation sites (N-methyl/N-ethyl adjacent to an activating group) is 1. The third-order valence-electron chi connectivity index (χ3n) is 4.39. The lowest BCUT2D eigenvalue weighted by atomic mass is 10.1. The molecule has 2 rings (SSSR count). The Labute approximate surface area is 144 Å². The summed E-state index contributed by atoms with van der Waals surface area (Å²) in [6.07, 6.45) is 2.19. The van der Waals surface area contributed by atoms with E-state index in [1.807, 2.05) is 30.0 Å². The summed E-state index contributed by atoms with van der Waals surface area (Å²) in [7, 11) is 5.76. The highest BCUT2D eigenvalue weighted by molar-refractivity contribution is 5.74. The minimum absolute atomic E-state index is 0.00518. The summed E-state index contributed by atoms with van der Waals surface area (Å²) >= 11 is 0. The van der Waals surface area contributed by atoms with Crippen molar-refractivity contribution in [2.24, 2.45) is 0 Å².